The highest BCUT2D eigenvalue weighted by Gasteiger charge is 2.41. The Labute approximate surface area is 104 Å². The molecule has 1 aromatic heterocycles. The maximum absolute atomic E-state index is 12.6. The Balaban J connectivity index is 1.93. The number of hydrogen-bond donors (Lipinski definition) is 1. The summed E-state index contributed by atoms with van der Waals surface area (Å²) in [5.74, 6) is 0. The molecule has 1 aromatic rings. The Hall–Kier alpha value is -1.04. The lowest BCUT2D eigenvalue weighted by atomic mass is 9.94. The van der Waals surface area contributed by atoms with Crippen molar-refractivity contribution >= 4 is 0 Å². The van der Waals surface area contributed by atoms with Gasteiger partial charge in [-0.15, -0.1) is 0 Å². The predicted octanol–water partition coefficient (Wildman–Crippen LogP) is 2.52. The number of aryl methyl sites for hydroxylation is 1. The Morgan fingerprint density at radius 1 is 1.44 bits per heavy atom. The molecule has 102 valence electrons. The fraction of sp³-hybridized carbons (Fsp3) is 0.750. The summed E-state index contributed by atoms with van der Waals surface area (Å²) in [7, 11) is 0. The fourth-order valence-electron chi connectivity index (χ4n) is 2.41. The lowest BCUT2D eigenvalue weighted by Crippen LogP contribution is -2.50. The molecular weight excluding hydrogens is 243 g/mol. The number of nitrogens with zero attached hydrogens (tertiary/aromatic N) is 2. The van der Waals surface area contributed by atoms with Crippen LogP contribution < -0.4 is 5.32 Å². The van der Waals surface area contributed by atoms with Crippen LogP contribution in [-0.4, -0.2) is 28.0 Å². The number of halogens is 3. The molecule has 2 unspecified atom stereocenters. The number of rotatable bonds is 3. The zero-order chi connectivity index (χ0) is 13.2. The molecule has 1 aliphatic heterocycles. The predicted molar refractivity (Wildman–Crippen MR) is 62.2 cm³/mol. The number of hydrogen-bond acceptors (Lipinski definition) is 2. The molecule has 1 saturated heterocycles. The molecule has 3 nitrogen and oxygen atoms in total. The summed E-state index contributed by atoms with van der Waals surface area (Å²) in [6.07, 6.45) is 1.74. The van der Waals surface area contributed by atoms with E-state index in [1.54, 1.807) is 10.9 Å². The molecule has 1 aliphatic rings. The summed E-state index contributed by atoms with van der Waals surface area (Å²) < 4.78 is 39.7. The monoisotopic (exact) mass is 261 g/mol. The van der Waals surface area contributed by atoms with Gasteiger partial charge < -0.3 is 5.32 Å². The van der Waals surface area contributed by atoms with Crippen LogP contribution in [0.5, 0.6) is 0 Å². The molecule has 0 spiro atoms. The Morgan fingerprint density at radius 3 is 2.83 bits per heavy atom. The zero-order valence-electron chi connectivity index (χ0n) is 10.4. The molecular formula is C12H18F3N3. The van der Waals surface area contributed by atoms with Crippen LogP contribution in [-0.2, 0) is 13.0 Å². The van der Waals surface area contributed by atoms with Crippen LogP contribution in [0.15, 0.2) is 12.4 Å². The average molecular weight is 261 g/mol. The third kappa shape index (κ3) is 3.25. The molecule has 18 heavy (non-hydrogen) atoms. The first-order valence-corrected chi connectivity index (χ1v) is 6.33. The minimum absolute atomic E-state index is 0.0973. The number of alkyl halides is 3. The lowest BCUT2D eigenvalue weighted by Gasteiger charge is -2.32. The first-order valence-electron chi connectivity index (χ1n) is 6.33. The molecule has 1 fully saturated rings. The largest absolute Gasteiger partial charge is 0.403 e. The third-order valence-electron chi connectivity index (χ3n) is 3.37. The maximum atomic E-state index is 12.6. The number of piperidine rings is 1. The van der Waals surface area contributed by atoms with Crippen molar-refractivity contribution < 1.29 is 13.2 Å². The van der Waals surface area contributed by atoms with E-state index in [0.29, 0.717) is 12.8 Å². The summed E-state index contributed by atoms with van der Waals surface area (Å²) in [6, 6.07) is -1.45. The maximum Gasteiger partial charge on any atom is 0.403 e. The average Bonchev–Trinajstić information content (AvgIpc) is 2.76. The summed E-state index contributed by atoms with van der Waals surface area (Å²) in [5.41, 5.74) is 0.997. The fourth-order valence-corrected chi connectivity index (χ4v) is 2.41. The van der Waals surface area contributed by atoms with Crippen LogP contribution in [0.3, 0.4) is 0 Å². The smallest absolute Gasteiger partial charge is 0.303 e. The van der Waals surface area contributed by atoms with Gasteiger partial charge in [0.1, 0.15) is 6.04 Å². The Kier molecular flexibility index (Phi) is 3.94. The first kappa shape index (κ1) is 13.4. The highest BCUT2D eigenvalue weighted by atomic mass is 19.4. The molecule has 6 heteroatoms. The molecule has 0 bridgehead atoms. The summed E-state index contributed by atoms with van der Waals surface area (Å²) >= 11 is 0. The first-order chi connectivity index (χ1) is 8.49. The van der Waals surface area contributed by atoms with E-state index in [4.69, 9.17) is 0 Å². The van der Waals surface area contributed by atoms with Gasteiger partial charge in [0.05, 0.1) is 6.20 Å². The Bertz CT molecular complexity index is 386. The van der Waals surface area contributed by atoms with Gasteiger partial charge in [0.25, 0.3) is 0 Å². The van der Waals surface area contributed by atoms with E-state index in [1.807, 2.05) is 13.1 Å². The van der Waals surface area contributed by atoms with E-state index in [9.17, 15) is 13.2 Å². The van der Waals surface area contributed by atoms with Crippen molar-refractivity contribution in [2.45, 2.75) is 57.4 Å². The van der Waals surface area contributed by atoms with Gasteiger partial charge in [-0.25, -0.2) is 0 Å². The van der Waals surface area contributed by atoms with Crippen molar-refractivity contribution in [1.82, 2.24) is 15.1 Å². The minimum Gasteiger partial charge on any atom is -0.303 e. The van der Waals surface area contributed by atoms with Crippen molar-refractivity contribution in [3.8, 4) is 0 Å². The molecule has 0 amide bonds. The van der Waals surface area contributed by atoms with E-state index < -0.39 is 12.2 Å². The van der Waals surface area contributed by atoms with Crippen LogP contribution in [0.2, 0.25) is 0 Å². The second kappa shape index (κ2) is 5.30. The molecule has 1 N–H and O–H groups in total. The summed E-state index contributed by atoms with van der Waals surface area (Å²) in [5, 5.41) is 6.84. The number of nitrogens with one attached hydrogen (secondary N) is 1. The van der Waals surface area contributed by atoms with E-state index in [2.05, 4.69) is 10.4 Å². The van der Waals surface area contributed by atoms with Crippen LogP contribution in [0, 0.1) is 0 Å². The van der Waals surface area contributed by atoms with Gasteiger partial charge in [0, 0.05) is 18.8 Å². The molecule has 2 atom stereocenters. The molecule has 0 saturated carbocycles. The molecule has 0 aromatic carbocycles. The van der Waals surface area contributed by atoms with Crippen LogP contribution in [0.4, 0.5) is 13.2 Å². The van der Waals surface area contributed by atoms with E-state index in [0.717, 1.165) is 18.5 Å². The van der Waals surface area contributed by atoms with Crippen molar-refractivity contribution in [2.75, 3.05) is 0 Å². The summed E-state index contributed by atoms with van der Waals surface area (Å²) in [6.45, 7) is 2.76. The lowest BCUT2D eigenvalue weighted by molar-refractivity contribution is -0.163. The quantitative estimate of drug-likeness (QED) is 0.906. The van der Waals surface area contributed by atoms with Crippen molar-refractivity contribution in [2.24, 2.45) is 0 Å². The van der Waals surface area contributed by atoms with Gasteiger partial charge in [-0.2, -0.15) is 18.3 Å². The van der Waals surface area contributed by atoms with Crippen molar-refractivity contribution in [3.05, 3.63) is 18.0 Å². The summed E-state index contributed by atoms with van der Waals surface area (Å²) in [4.78, 5) is 0. The zero-order valence-corrected chi connectivity index (χ0v) is 10.4. The van der Waals surface area contributed by atoms with Gasteiger partial charge in [0.2, 0.25) is 0 Å². The van der Waals surface area contributed by atoms with Gasteiger partial charge in [-0.05, 0) is 38.2 Å². The van der Waals surface area contributed by atoms with Crippen LogP contribution >= 0.6 is 0 Å². The highest BCUT2D eigenvalue weighted by Crippen LogP contribution is 2.28. The molecule has 2 heterocycles. The van der Waals surface area contributed by atoms with Gasteiger partial charge in [-0.1, -0.05) is 0 Å². The Morgan fingerprint density at radius 2 is 2.22 bits per heavy atom. The van der Waals surface area contributed by atoms with Gasteiger partial charge in [0.15, 0.2) is 0 Å². The van der Waals surface area contributed by atoms with Gasteiger partial charge in [-0.3, -0.25) is 4.68 Å². The molecule has 2 rings (SSSR count). The highest BCUT2D eigenvalue weighted by molar-refractivity contribution is 5.07. The SMILES string of the molecule is CCn1cc(CC2CCCC(C(F)(F)F)N2)cn1. The standard InChI is InChI=1S/C12H18F3N3/c1-2-18-8-9(7-16-18)6-10-4-3-5-11(17-10)12(13,14)15/h7-8,10-11,17H,2-6H2,1H3. The van der Waals surface area contributed by atoms with E-state index in [-0.39, 0.29) is 12.5 Å². The van der Waals surface area contributed by atoms with Crippen molar-refractivity contribution in [3.63, 3.8) is 0 Å². The number of aromatic nitrogens is 2. The second-order valence-corrected chi connectivity index (χ2v) is 4.80. The van der Waals surface area contributed by atoms with Crippen LogP contribution in [0.1, 0.15) is 31.7 Å². The third-order valence-corrected chi connectivity index (χ3v) is 3.37. The van der Waals surface area contributed by atoms with E-state index >= 15 is 0 Å². The normalized spacial score (nSPS) is 25.3. The molecule has 0 radical (unpaired) electrons. The second-order valence-electron chi connectivity index (χ2n) is 4.80. The molecule has 0 aliphatic carbocycles. The van der Waals surface area contributed by atoms with Crippen molar-refractivity contribution in [1.29, 1.82) is 0 Å². The van der Waals surface area contributed by atoms with E-state index in [1.165, 1.54) is 0 Å². The van der Waals surface area contributed by atoms with Gasteiger partial charge >= 0.3 is 6.18 Å². The van der Waals surface area contributed by atoms with Crippen LogP contribution in [0.25, 0.3) is 0 Å². The topological polar surface area (TPSA) is 29.9 Å². The minimum atomic E-state index is -4.13.